The molecule has 38 heavy (non-hydrogen) atoms. The zero-order valence-electron chi connectivity index (χ0n) is 21.2. The van der Waals surface area contributed by atoms with E-state index < -0.39 is 32.0 Å². The second-order valence-electron chi connectivity index (χ2n) is 8.69. The molecule has 4 rings (SSSR count). The molecule has 2 aromatic carbocycles. The van der Waals surface area contributed by atoms with Gasteiger partial charge in [-0.05, 0) is 43.3 Å². The van der Waals surface area contributed by atoms with Crippen LogP contribution in [-0.4, -0.2) is 92.0 Å². The summed E-state index contributed by atoms with van der Waals surface area (Å²) in [5, 5.41) is 2.68. The number of benzene rings is 2. The SMILES string of the molecule is C[C@H](C(=O)NCCOc1ccc(S(=O)(=O)N2CCOCC2)cc1)N(c1ccc2c(c1)OCCO2)S(C)(=O)=O. The lowest BCUT2D eigenvalue weighted by molar-refractivity contribution is -0.121. The van der Waals surface area contributed by atoms with Gasteiger partial charge in [0.05, 0.1) is 36.6 Å². The minimum atomic E-state index is -3.80. The molecule has 1 fully saturated rings. The highest BCUT2D eigenvalue weighted by Gasteiger charge is 2.30. The lowest BCUT2D eigenvalue weighted by Gasteiger charge is -2.29. The molecule has 12 nitrogen and oxygen atoms in total. The van der Waals surface area contributed by atoms with Crippen molar-refractivity contribution in [1.82, 2.24) is 9.62 Å². The van der Waals surface area contributed by atoms with Crippen LogP contribution in [0, 0.1) is 0 Å². The number of carbonyl (C=O) groups is 1. The summed E-state index contributed by atoms with van der Waals surface area (Å²) in [6, 6.07) is 9.69. The van der Waals surface area contributed by atoms with Crippen molar-refractivity contribution in [2.75, 3.05) is 63.2 Å². The number of sulfonamides is 2. The first-order chi connectivity index (χ1) is 18.1. The molecule has 2 aliphatic heterocycles. The fourth-order valence-electron chi connectivity index (χ4n) is 4.11. The van der Waals surface area contributed by atoms with Crippen molar-refractivity contribution in [3.63, 3.8) is 0 Å². The van der Waals surface area contributed by atoms with Crippen LogP contribution in [0.5, 0.6) is 17.2 Å². The van der Waals surface area contributed by atoms with E-state index in [0.717, 1.165) is 10.6 Å². The molecule has 1 saturated heterocycles. The summed E-state index contributed by atoms with van der Waals surface area (Å²) in [6.45, 7) is 3.79. The number of nitrogens with one attached hydrogen (secondary N) is 1. The molecule has 1 atom stereocenters. The van der Waals surface area contributed by atoms with Crippen LogP contribution < -0.4 is 23.8 Å². The van der Waals surface area contributed by atoms with Crippen LogP contribution in [0.4, 0.5) is 5.69 Å². The smallest absolute Gasteiger partial charge is 0.243 e. The van der Waals surface area contributed by atoms with Gasteiger partial charge in [-0.2, -0.15) is 4.31 Å². The number of hydrogen-bond donors (Lipinski definition) is 1. The second kappa shape index (κ2) is 11.8. The maximum atomic E-state index is 12.8. The van der Waals surface area contributed by atoms with E-state index in [1.54, 1.807) is 24.3 Å². The second-order valence-corrected chi connectivity index (χ2v) is 12.5. The Kier molecular flexibility index (Phi) is 8.65. The van der Waals surface area contributed by atoms with Crippen molar-refractivity contribution < 1.29 is 40.6 Å². The molecule has 2 aromatic rings. The molecule has 2 heterocycles. The quantitative estimate of drug-likeness (QED) is 0.412. The fourth-order valence-corrected chi connectivity index (χ4v) is 6.69. The Morgan fingerprint density at radius 3 is 2.32 bits per heavy atom. The predicted octanol–water partition coefficient (Wildman–Crippen LogP) is 0.828. The van der Waals surface area contributed by atoms with Crippen LogP contribution in [0.25, 0.3) is 0 Å². The number of nitrogens with zero attached hydrogens (tertiary/aromatic N) is 2. The number of morpholine rings is 1. The molecular formula is C24H31N3O9S2. The first-order valence-corrected chi connectivity index (χ1v) is 15.3. The van der Waals surface area contributed by atoms with E-state index in [2.05, 4.69) is 5.32 Å². The minimum Gasteiger partial charge on any atom is -0.492 e. The largest absolute Gasteiger partial charge is 0.492 e. The predicted molar refractivity (Wildman–Crippen MR) is 139 cm³/mol. The molecule has 14 heteroatoms. The van der Waals surface area contributed by atoms with Gasteiger partial charge in [-0.1, -0.05) is 0 Å². The van der Waals surface area contributed by atoms with E-state index in [9.17, 15) is 21.6 Å². The third kappa shape index (κ3) is 6.49. The Balaban J connectivity index is 1.32. The minimum absolute atomic E-state index is 0.0942. The molecular weight excluding hydrogens is 538 g/mol. The fraction of sp³-hybridized carbons (Fsp3) is 0.458. The summed E-state index contributed by atoms with van der Waals surface area (Å²) in [5.41, 5.74) is 0.280. The molecule has 0 bridgehead atoms. The van der Waals surface area contributed by atoms with Gasteiger partial charge in [0.15, 0.2) is 11.5 Å². The van der Waals surface area contributed by atoms with E-state index in [-0.39, 0.29) is 23.7 Å². The summed E-state index contributed by atoms with van der Waals surface area (Å²) in [6.07, 6.45) is 1.03. The summed E-state index contributed by atoms with van der Waals surface area (Å²) in [4.78, 5) is 13.0. The molecule has 0 radical (unpaired) electrons. The number of carbonyl (C=O) groups excluding carboxylic acids is 1. The number of fused-ring (bicyclic) bond motifs is 1. The average molecular weight is 570 g/mol. The first kappa shape index (κ1) is 28.0. The van der Waals surface area contributed by atoms with Crippen LogP contribution in [0.15, 0.2) is 47.4 Å². The van der Waals surface area contributed by atoms with Crippen LogP contribution in [0.3, 0.4) is 0 Å². The topological polar surface area (TPSA) is 141 Å². The Morgan fingerprint density at radius 2 is 1.66 bits per heavy atom. The van der Waals surface area contributed by atoms with E-state index in [1.807, 2.05) is 0 Å². The van der Waals surface area contributed by atoms with Crippen molar-refractivity contribution in [3.05, 3.63) is 42.5 Å². The summed E-state index contributed by atoms with van der Waals surface area (Å²) < 4.78 is 74.8. The average Bonchev–Trinajstić information content (AvgIpc) is 2.91. The van der Waals surface area contributed by atoms with Gasteiger partial charge >= 0.3 is 0 Å². The number of ether oxygens (including phenoxy) is 4. The standard InChI is InChI=1S/C24H31N3O9S2/c1-18(27(37(2,29)30)19-3-8-22-23(17-19)36-16-15-35-22)24(28)25-9-12-34-20-4-6-21(7-5-20)38(31,32)26-10-13-33-14-11-26/h3-8,17-18H,9-16H2,1-2H3,(H,25,28)/t18-/m1/s1. The molecule has 1 amide bonds. The number of hydrogen-bond acceptors (Lipinski definition) is 9. The highest BCUT2D eigenvalue weighted by atomic mass is 32.2. The van der Waals surface area contributed by atoms with Gasteiger partial charge in [-0.15, -0.1) is 0 Å². The molecule has 0 aromatic heterocycles. The molecule has 0 unspecified atom stereocenters. The Bertz CT molecular complexity index is 1340. The summed E-state index contributed by atoms with van der Waals surface area (Å²) in [5.74, 6) is 0.838. The molecule has 0 saturated carbocycles. The maximum absolute atomic E-state index is 12.8. The van der Waals surface area contributed by atoms with Gasteiger partial charge in [0, 0.05) is 19.2 Å². The van der Waals surface area contributed by atoms with Gasteiger partial charge < -0.3 is 24.3 Å². The van der Waals surface area contributed by atoms with Crippen LogP contribution in [0.1, 0.15) is 6.92 Å². The normalized spacial score (nSPS) is 16.9. The van der Waals surface area contributed by atoms with E-state index in [1.165, 1.54) is 29.4 Å². The van der Waals surface area contributed by atoms with E-state index in [0.29, 0.717) is 56.8 Å². The van der Waals surface area contributed by atoms with Crippen molar-refractivity contribution in [1.29, 1.82) is 0 Å². The number of rotatable bonds is 10. The monoisotopic (exact) mass is 569 g/mol. The third-order valence-electron chi connectivity index (χ3n) is 5.97. The number of anilines is 1. The van der Waals surface area contributed by atoms with Crippen molar-refractivity contribution in [2.45, 2.75) is 17.9 Å². The molecule has 208 valence electrons. The zero-order valence-corrected chi connectivity index (χ0v) is 22.8. The number of amides is 1. The lowest BCUT2D eigenvalue weighted by Crippen LogP contribution is -2.48. The highest BCUT2D eigenvalue weighted by Crippen LogP contribution is 2.35. The highest BCUT2D eigenvalue weighted by molar-refractivity contribution is 7.92. The van der Waals surface area contributed by atoms with E-state index >= 15 is 0 Å². The Hall–Kier alpha value is -3.07. The van der Waals surface area contributed by atoms with Crippen molar-refractivity contribution in [2.24, 2.45) is 0 Å². The van der Waals surface area contributed by atoms with Gasteiger partial charge in [0.25, 0.3) is 0 Å². The van der Waals surface area contributed by atoms with Gasteiger partial charge in [-0.25, -0.2) is 16.8 Å². The van der Waals surface area contributed by atoms with Crippen LogP contribution >= 0.6 is 0 Å². The van der Waals surface area contributed by atoms with Gasteiger partial charge in [0.1, 0.15) is 31.6 Å². The molecule has 0 aliphatic carbocycles. The third-order valence-corrected chi connectivity index (χ3v) is 9.12. The molecule has 1 N–H and O–H groups in total. The molecule has 2 aliphatic rings. The molecule has 0 spiro atoms. The van der Waals surface area contributed by atoms with E-state index in [4.69, 9.17) is 18.9 Å². The van der Waals surface area contributed by atoms with Crippen LogP contribution in [-0.2, 0) is 29.6 Å². The maximum Gasteiger partial charge on any atom is 0.243 e. The van der Waals surface area contributed by atoms with Crippen molar-refractivity contribution in [3.8, 4) is 17.2 Å². The van der Waals surface area contributed by atoms with Crippen LogP contribution in [0.2, 0.25) is 0 Å². The summed E-state index contributed by atoms with van der Waals surface area (Å²) >= 11 is 0. The summed E-state index contributed by atoms with van der Waals surface area (Å²) in [7, 11) is -7.40. The van der Waals surface area contributed by atoms with Gasteiger partial charge in [0.2, 0.25) is 26.0 Å². The lowest BCUT2D eigenvalue weighted by atomic mass is 10.2. The Morgan fingerprint density at radius 1 is 1.00 bits per heavy atom. The Labute approximate surface area is 222 Å². The first-order valence-electron chi connectivity index (χ1n) is 12.0. The van der Waals surface area contributed by atoms with Gasteiger partial charge in [-0.3, -0.25) is 9.10 Å². The zero-order chi connectivity index (χ0) is 27.3. The van der Waals surface area contributed by atoms with Crippen molar-refractivity contribution >= 4 is 31.6 Å².